The largest absolute Gasteiger partial charge is 0.308 e. The van der Waals surface area contributed by atoms with E-state index in [1.807, 2.05) is 6.92 Å². The molecule has 0 amide bonds. The first kappa shape index (κ1) is 14.1. The Kier molecular flexibility index (Phi) is 6.13. The van der Waals surface area contributed by atoms with Crippen LogP contribution in [0.3, 0.4) is 0 Å². The van der Waals surface area contributed by atoms with Crippen LogP contribution in [0.25, 0.3) is 0 Å². The molecular weight excluding hydrogens is 217 g/mol. The lowest BCUT2D eigenvalue weighted by molar-refractivity contribution is 0.0948. The Hall–Kier alpha value is -0.930. The summed E-state index contributed by atoms with van der Waals surface area (Å²) in [4.78, 5) is 11.7. The van der Waals surface area contributed by atoms with E-state index in [0.29, 0.717) is 6.54 Å². The highest BCUT2D eigenvalue weighted by atomic mass is 35.5. The average Bonchev–Trinajstić information content (AvgIpc) is 2.18. The summed E-state index contributed by atoms with van der Waals surface area (Å²) in [6, 6.07) is 5.70. The van der Waals surface area contributed by atoms with E-state index >= 15 is 0 Å². The van der Waals surface area contributed by atoms with Crippen molar-refractivity contribution < 1.29 is 9.18 Å². The van der Waals surface area contributed by atoms with E-state index in [4.69, 9.17) is 0 Å². The zero-order chi connectivity index (χ0) is 10.6. The highest BCUT2D eigenvalue weighted by molar-refractivity contribution is 6.00. The fourth-order valence-corrected chi connectivity index (χ4v) is 1.29. The zero-order valence-electron chi connectivity index (χ0n) is 8.79. The quantitative estimate of drug-likeness (QED) is 0.807. The van der Waals surface area contributed by atoms with Gasteiger partial charge in [0, 0.05) is 0 Å². The van der Waals surface area contributed by atoms with Crippen LogP contribution in [0, 0.1) is 5.82 Å². The number of benzene rings is 1. The van der Waals surface area contributed by atoms with E-state index in [2.05, 4.69) is 5.32 Å². The van der Waals surface area contributed by atoms with Crippen LogP contribution >= 0.6 is 12.4 Å². The van der Waals surface area contributed by atoms with Crippen LogP contribution in [0.2, 0.25) is 0 Å². The first-order chi connectivity index (χ1) is 6.66. The molecule has 2 nitrogen and oxygen atoms in total. The summed E-state index contributed by atoms with van der Waals surface area (Å²) in [5, 5.41) is 2.95. The van der Waals surface area contributed by atoms with Crippen LogP contribution in [0.5, 0.6) is 0 Å². The second-order valence-corrected chi connectivity index (χ2v) is 3.12. The molecule has 1 aromatic carbocycles. The Bertz CT molecular complexity index is 330. The Morgan fingerprint density at radius 3 is 2.60 bits per heavy atom. The Labute approximate surface area is 95.3 Å². The molecule has 0 aliphatic heterocycles. The maximum atomic E-state index is 13.2. The fourth-order valence-electron chi connectivity index (χ4n) is 1.29. The Morgan fingerprint density at radius 2 is 2.07 bits per heavy atom. The topological polar surface area (TPSA) is 29.1 Å². The van der Waals surface area contributed by atoms with Crippen molar-refractivity contribution in [2.75, 3.05) is 6.54 Å². The lowest BCUT2D eigenvalue weighted by Gasteiger charge is -2.11. The standard InChI is InChI=1S/C11H14FNO.ClH/c1-3-13-8(2)11(14)9-6-4-5-7-10(9)12;/h4-8,13H,3H2,1-2H3;1H. The van der Waals surface area contributed by atoms with Gasteiger partial charge in [-0.3, -0.25) is 4.79 Å². The van der Waals surface area contributed by atoms with Crippen LogP contribution in [0.15, 0.2) is 24.3 Å². The molecule has 1 aromatic rings. The van der Waals surface area contributed by atoms with Gasteiger partial charge in [0.05, 0.1) is 11.6 Å². The van der Waals surface area contributed by atoms with E-state index in [9.17, 15) is 9.18 Å². The Balaban J connectivity index is 0.00000196. The molecule has 1 N–H and O–H groups in total. The molecule has 0 spiro atoms. The molecule has 1 rings (SSSR count). The van der Waals surface area contributed by atoms with Crippen LogP contribution < -0.4 is 5.32 Å². The lowest BCUT2D eigenvalue weighted by atomic mass is 10.1. The van der Waals surface area contributed by atoms with E-state index in [1.54, 1.807) is 19.1 Å². The van der Waals surface area contributed by atoms with E-state index in [1.165, 1.54) is 12.1 Å². The summed E-state index contributed by atoms with van der Waals surface area (Å²) in [5.41, 5.74) is 0.154. The van der Waals surface area contributed by atoms with Gasteiger partial charge in [-0.05, 0) is 25.6 Å². The zero-order valence-corrected chi connectivity index (χ0v) is 9.60. The summed E-state index contributed by atoms with van der Waals surface area (Å²) in [7, 11) is 0. The van der Waals surface area contributed by atoms with E-state index < -0.39 is 5.82 Å². The number of Topliss-reactive ketones (excluding diaryl/α,β-unsaturated/α-hetero) is 1. The van der Waals surface area contributed by atoms with Crippen molar-refractivity contribution in [1.82, 2.24) is 5.32 Å². The first-order valence-corrected chi connectivity index (χ1v) is 4.69. The van der Waals surface area contributed by atoms with Crippen LogP contribution in [-0.2, 0) is 0 Å². The predicted octanol–water partition coefficient (Wildman–Crippen LogP) is 2.43. The van der Waals surface area contributed by atoms with Gasteiger partial charge >= 0.3 is 0 Å². The van der Waals surface area contributed by atoms with Crippen LogP contribution in [-0.4, -0.2) is 18.4 Å². The number of carbonyl (C=O) groups is 1. The van der Waals surface area contributed by atoms with Crippen LogP contribution in [0.1, 0.15) is 24.2 Å². The molecule has 1 unspecified atom stereocenters. The summed E-state index contributed by atoms with van der Waals surface area (Å²) >= 11 is 0. The van der Waals surface area contributed by atoms with Crippen molar-refractivity contribution in [1.29, 1.82) is 0 Å². The molecule has 4 heteroatoms. The maximum Gasteiger partial charge on any atom is 0.182 e. The van der Waals surface area contributed by atoms with Gasteiger partial charge in [0.25, 0.3) is 0 Å². The van der Waals surface area contributed by atoms with Crippen molar-refractivity contribution in [3.05, 3.63) is 35.6 Å². The first-order valence-electron chi connectivity index (χ1n) is 4.69. The molecule has 0 fully saturated rings. The third kappa shape index (κ3) is 3.61. The molecule has 0 aliphatic rings. The number of rotatable bonds is 4. The van der Waals surface area contributed by atoms with Gasteiger partial charge in [0.1, 0.15) is 5.82 Å². The van der Waals surface area contributed by atoms with E-state index in [-0.39, 0.29) is 29.8 Å². The van der Waals surface area contributed by atoms with Gasteiger partial charge in [-0.2, -0.15) is 0 Å². The minimum absolute atomic E-state index is 0. The number of hydrogen-bond donors (Lipinski definition) is 1. The average molecular weight is 232 g/mol. The second kappa shape index (κ2) is 6.53. The molecule has 84 valence electrons. The van der Waals surface area contributed by atoms with Crippen molar-refractivity contribution in [3.8, 4) is 0 Å². The summed E-state index contributed by atoms with van der Waals surface area (Å²) < 4.78 is 13.2. The summed E-state index contributed by atoms with van der Waals surface area (Å²) in [5.74, 6) is -0.660. The highest BCUT2D eigenvalue weighted by Crippen LogP contribution is 2.08. The molecule has 0 saturated heterocycles. The molecule has 15 heavy (non-hydrogen) atoms. The Morgan fingerprint density at radius 1 is 1.47 bits per heavy atom. The minimum atomic E-state index is -0.456. The molecule has 0 bridgehead atoms. The van der Waals surface area contributed by atoms with Gasteiger partial charge < -0.3 is 5.32 Å². The monoisotopic (exact) mass is 231 g/mol. The lowest BCUT2D eigenvalue weighted by Crippen LogP contribution is -2.34. The summed E-state index contributed by atoms with van der Waals surface area (Å²) in [6.45, 7) is 4.34. The number of hydrogen-bond acceptors (Lipinski definition) is 2. The van der Waals surface area contributed by atoms with Gasteiger partial charge in [-0.25, -0.2) is 4.39 Å². The van der Waals surface area contributed by atoms with Crippen molar-refractivity contribution >= 4 is 18.2 Å². The molecule has 0 heterocycles. The fraction of sp³-hybridized carbons (Fsp3) is 0.364. The van der Waals surface area contributed by atoms with Gasteiger partial charge in [-0.15, -0.1) is 12.4 Å². The second-order valence-electron chi connectivity index (χ2n) is 3.12. The number of likely N-dealkylation sites (N-methyl/N-ethyl adjacent to an activating group) is 1. The number of halogens is 2. The molecular formula is C11H15ClFNO. The number of ketones is 1. The molecule has 0 aromatic heterocycles. The maximum absolute atomic E-state index is 13.2. The SMILES string of the molecule is CCNC(C)C(=O)c1ccccc1F.Cl. The smallest absolute Gasteiger partial charge is 0.182 e. The van der Waals surface area contributed by atoms with Gasteiger partial charge in [0.2, 0.25) is 0 Å². The van der Waals surface area contributed by atoms with Crippen molar-refractivity contribution in [3.63, 3.8) is 0 Å². The summed E-state index contributed by atoms with van der Waals surface area (Å²) in [6.07, 6.45) is 0. The number of nitrogens with one attached hydrogen (secondary N) is 1. The molecule has 0 saturated carbocycles. The molecule has 1 atom stereocenters. The van der Waals surface area contributed by atoms with Crippen molar-refractivity contribution in [2.24, 2.45) is 0 Å². The van der Waals surface area contributed by atoms with Crippen molar-refractivity contribution in [2.45, 2.75) is 19.9 Å². The predicted molar refractivity (Wildman–Crippen MR) is 61.1 cm³/mol. The van der Waals surface area contributed by atoms with Gasteiger partial charge in [-0.1, -0.05) is 19.1 Å². The third-order valence-electron chi connectivity index (χ3n) is 2.04. The highest BCUT2D eigenvalue weighted by Gasteiger charge is 2.16. The van der Waals surface area contributed by atoms with Crippen LogP contribution in [0.4, 0.5) is 4.39 Å². The normalized spacial score (nSPS) is 11.7. The van der Waals surface area contributed by atoms with E-state index in [0.717, 1.165) is 0 Å². The van der Waals surface area contributed by atoms with Gasteiger partial charge in [0.15, 0.2) is 5.78 Å². The molecule has 0 aliphatic carbocycles. The third-order valence-corrected chi connectivity index (χ3v) is 2.04. The molecule has 0 radical (unpaired) electrons. The number of carbonyl (C=O) groups excluding carboxylic acids is 1. The minimum Gasteiger partial charge on any atom is -0.308 e.